The van der Waals surface area contributed by atoms with Crippen molar-refractivity contribution >= 4 is 51.4 Å². The molecule has 4 N–H and O–H groups in total. The summed E-state index contributed by atoms with van der Waals surface area (Å²) in [5.74, 6) is -1.41. The van der Waals surface area contributed by atoms with Crippen molar-refractivity contribution in [1.82, 2.24) is 5.32 Å². The van der Waals surface area contributed by atoms with Crippen LogP contribution in [0.2, 0.25) is 0 Å². The molecular weight excluding hydrogens is 444 g/mol. The van der Waals surface area contributed by atoms with Crippen LogP contribution in [0, 0.1) is 13.8 Å². The van der Waals surface area contributed by atoms with Crippen molar-refractivity contribution in [3.05, 3.63) is 39.8 Å². The Balaban J connectivity index is 2.16. The number of ether oxygens (including phenoxy) is 1. The molecule has 0 saturated heterocycles. The van der Waals surface area contributed by atoms with E-state index in [1.54, 1.807) is 32.0 Å². The quantitative estimate of drug-likeness (QED) is 0.389. The van der Waals surface area contributed by atoms with Crippen LogP contribution in [0.4, 0.5) is 16.4 Å². The first-order valence-corrected chi connectivity index (χ1v) is 11.5. The van der Waals surface area contributed by atoms with Gasteiger partial charge in [0.05, 0.1) is 23.6 Å². The fourth-order valence-electron chi connectivity index (χ4n) is 3.13. The van der Waals surface area contributed by atoms with E-state index in [9.17, 15) is 19.2 Å². The Morgan fingerprint density at radius 2 is 1.67 bits per heavy atom. The van der Waals surface area contributed by atoms with Gasteiger partial charge in [0.25, 0.3) is 5.91 Å². The Hall–Kier alpha value is -3.40. The van der Waals surface area contributed by atoms with E-state index in [4.69, 9.17) is 4.74 Å². The zero-order valence-electron chi connectivity index (χ0n) is 19.5. The summed E-state index contributed by atoms with van der Waals surface area (Å²) in [4.78, 5) is 49.5. The second-order valence-corrected chi connectivity index (χ2v) is 8.26. The van der Waals surface area contributed by atoms with Crippen LogP contribution in [0.3, 0.4) is 0 Å². The molecule has 9 nitrogen and oxygen atoms in total. The summed E-state index contributed by atoms with van der Waals surface area (Å²) in [7, 11) is 1.49. The maximum absolute atomic E-state index is 12.6. The minimum atomic E-state index is -0.601. The third-order valence-electron chi connectivity index (χ3n) is 4.84. The SMILES string of the molecule is CCCC(=O)Nc1cccc(NCC(=O)Nc2sc(C(=O)NC)c(C)c2C(=O)OCC)c1C. The summed E-state index contributed by atoms with van der Waals surface area (Å²) >= 11 is 1.02. The lowest BCUT2D eigenvalue weighted by atomic mass is 10.1. The van der Waals surface area contributed by atoms with E-state index < -0.39 is 11.9 Å². The Morgan fingerprint density at radius 1 is 0.970 bits per heavy atom. The molecule has 0 bridgehead atoms. The summed E-state index contributed by atoms with van der Waals surface area (Å²) in [5.41, 5.74) is 2.79. The van der Waals surface area contributed by atoms with Crippen LogP contribution >= 0.6 is 11.3 Å². The third kappa shape index (κ3) is 6.55. The molecule has 0 fully saturated rings. The number of carbonyl (C=O) groups excluding carboxylic acids is 4. The van der Waals surface area contributed by atoms with Gasteiger partial charge in [0.2, 0.25) is 11.8 Å². The van der Waals surface area contributed by atoms with Gasteiger partial charge in [-0.2, -0.15) is 0 Å². The van der Waals surface area contributed by atoms with E-state index in [1.165, 1.54) is 7.05 Å². The Bertz CT molecular complexity index is 1050. The molecule has 2 rings (SSSR count). The monoisotopic (exact) mass is 474 g/mol. The molecule has 10 heteroatoms. The van der Waals surface area contributed by atoms with Gasteiger partial charge in [-0.1, -0.05) is 13.0 Å². The fraction of sp³-hybridized carbons (Fsp3) is 0.391. The van der Waals surface area contributed by atoms with Gasteiger partial charge in [-0.3, -0.25) is 14.4 Å². The van der Waals surface area contributed by atoms with Crippen molar-refractivity contribution in [2.45, 2.75) is 40.5 Å². The largest absolute Gasteiger partial charge is 0.462 e. The van der Waals surface area contributed by atoms with Crippen LogP contribution in [0.1, 0.15) is 57.8 Å². The molecule has 0 aliphatic heterocycles. The maximum atomic E-state index is 12.6. The highest BCUT2D eigenvalue weighted by Gasteiger charge is 2.26. The minimum absolute atomic E-state index is 0.0676. The molecular formula is C23H30N4O5S. The highest BCUT2D eigenvalue weighted by Crippen LogP contribution is 2.34. The van der Waals surface area contributed by atoms with Gasteiger partial charge < -0.3 is 26.0 Å². The summed E-state index contributed by atoms with van der Waals surface area (Å²) in [5, 5.41) is 11.4. The zero-order chi connectivity index (χ0) is 24.5. The molecule has 1 aromatic heterocycles. The average molecular weight is 475 g/mol. The number of hydrogen-bond donors (Lipinski definition) is 4. The molecule has 0 atom stereocenters. The predicted octanol–water partition coefficient (Wildman–Crippen LogP) is 3.69. The van der Waals surface area contributed by atoms with Crippen LogP contribution in [0.5, 0.6) is 0 Å². The van der Waals surface area contributed by atoms with E-state index in [1.807, 2.05) is 13.8 Å². The standard InChI is InChI=1S/C23H30N4O5S/c1-6-9-17(28)26-16-11-8-10-15(13(16)3)25-12-18(29)27-22-19(23(31)32-7-2)14(4)20(33-22)21(30)24-5/h8,10-11,25H,6-7,9,12H2,1-5H3,(H,24,30)(H,26,28)(H,27,29). The fourth-order valence-corrected chi connectivity index (χ4v) is 4.29. The molecule has 33 heavy (non-hydrogen) atoms. The second kappa shape index (κ2) is 12.0. The van der Waals surface area contributed by atoms with Crippen molar-refractivity contribution < 1.29 is 23.9 Å². The van der Waals surface area contributed by atoms with Gasteiger partial charge >= 0.3 is 5.97 Å². The first-order chi connectivity index (χ1) is 15.7. The highest BCUT2D eigenvalue weighted by atomic mass is 32.1. The number of esters is 1. The topological polar surface area (TPSA) is 126 Å². The normalized spacial score (nSPS) is 10.3. The van der Waals surface area contributed by atoms with E-state index in [0.29, 0.717) is 28.2 Å². The summed E-state index contributed by atoms with van der Waals surface area (Å²) in [6, 6.07) is 5.39. The maximum Gasteiger partial charge on any atom is 0.341 e. The van der Waals surface area contributed by atoms with Crippen molar-refractivity contribution in [3.8, 4) is 0 Å². The number of nitrogens with one attached hydrogen (secondary N) is 4. The number of rotatable bonds is 10. The Labute approximate surface area is 197 Å². The first-order valence-electron chi connectivity index (χ1n) is 10.7. The van der Waals surface area contributed by atoms with Gasteiger partial charge in [-0.25, -0.2) is 4.79 Å². The third-order valence-corrected chi connectivity index (χ3v) is 6.04. The lowest BCUT2D eigenvalue weighted by molar-refractivity contribution is -0.116. The minimum Gasteiger partial charge on any atom is -0.462 e. The molecule has 3 amide bonds. The van der Waals surface area contributed by atoms with Gasteiger partial charge in [0, 0.05) is 24.8 Å². The van der Waals surface area contributed by atoms with Crippen molar-refractivity contribution in [3.63, 3.8) is 0 Å². The van der Waals surface area contributed by atoms with Crippen LogP contribution in [-0.4, -0.2) is 43.9 Å². The van der Waals surface area contributed by atoms with E-state index in [0.717, 1.165) is 23.3 Å². The molecule has 178 valence electrons. The van der Waals surface area contributed by atoms with Crippen LogP contribution in [-0.2, 0) is 14.3 Å². The number of carbonyl (C=O) groups is 4. The van der Waals surface area contributed by atoms with Gasteiger partial charge in [-0.05, 0) is 50.5 Å². The number of amides is 3. The molecule has 0 aliphatic rings. The molecule has 0 unspecified atom stereocenters. The summed E-state index contributed by atoms with van der Waals surface area (Å²) < 4.78 is 5.10. The van der Waals surface area contributed by atoms with Crippen LogP contribution < -0.4 is 21.3 Å². The number of hydrogen-bond acceptors (Lipinski definition) is 7. The van der Waals surface area contributed by atoms with Crippen LogP contribution in [0.15, 0.2) is 18.2 Å². The average Bonchev–Trinajstić information content (AvgIpc) is 3.09. The molecule has 0 aliphatic carbocycles. The molecule has 0 saturated carbocycles. The predicted molar refractivity (Wildman–Crippen MR) is 130 cm³/mol. The first kappa shape index (κ1) is 25.9. The van der Waals surface area contributed by atoms with E-state index >= 15 is 0 Å². The highest BCUT2D eigenvalue weighted by molar-refractivity contribution is 7.18. The van der Waals surface area contributed by atoms with E-state index in [-0.39, 0.29) is 35.5 Å². The molecule has 1 heterocycles. The summed E-state index contributed by atoms with van der Waals surface area (Å²) in [6.07, 6.45) is 1.18. The van der Waals surface area contributed by atoms with Crippen molar-refractivity contribution in [2.75, 3.05) is 36.1 Å². The number of thiophene rings is 1. The Kier molecular flexibility index (Phi) is 9.41. The smallest absolute Gasteiger partial charge is 0.341 e. The lowest BCUT2D eigenvalue weighted by Gasteiger charge is -2.14. The molecule has 1 aromatic carbocycles. The lowest BCUT2D eigenvalue weighted by Crippen LogP contribution is -2.23. The van der Waals surface area contributed by atoms with Crippen LogP contribution in [0.25, 0.3) is 0 Å². The van der Waals surface area contributed by atoms with Gasteiger partial charge in [0.1, 0.15) is 5.00 Å². The van der Waals surface area contributed by atoms with Gasteiger partial charge in [-0.15, -0.1) is 11.3 Å². The van der Waals surface area contributed by atoms with Gasteiger partial charge in [0.15, 0.2) is 0 Å². The zero-order valence-corrected chi connectivity index (χ0v) is 20.3. The molecule has 0 spiro atoms. The van der Waals surface area contributed by atoms with E-state index in [2.05, 4.69) is 21.3 Å². The second-order valence-electron chi connectivity index (χ2n) is 7.24. The summed E-state index contributed by atoms with van der Waals surface area (Å²) in [6.45, 7) is 7.19. The molecule has 2 aromatic rings. The number of benzene rings is 1. The number of anilines is 3. The van der Waals surface area contributed by atoms with Crippen molar-refractivity contribution in [2.24, 2.45) is 0 Å². The molecule has 0 radical (unpaired) electrons. The Morgan fingerprint density at radius 3 is 2.30 bits per heavy atom. The van der Waals surface area contributed by atoms with Crippen molar-refractivity contribution in [1.29, 1.82) is 0 Å².